The average molecular weight is 312 g/mol. The lowest BCUT2D eigenvalue weighted by Crippen LogP contribution is -2.40. The van der Waals surface area contributed by atoms with Crippen molar-refractivity contribution in [3.8, 4) is 0 Å². The summed E-state index contributed by atoms with van der Waals surface area (Å²) in [6.45, 7) is 1.49. The van der Waals surface area contributed by atoms with Crippen LogP contribution in [-0.2, 0) is 16.0 Å². The number of nitrogens with zero attached hydrogens (tertiary/aromatic N) is 1. The zero-order valence-corrected chi connectivity index (χ0v) is 12.7. The van der Waals surface area contributed by atoms with Crippen LogP contribution in [0.15, 0.2) is 23.6 Å². The topological polar surface area (TPSA) is 57.6 Å². The summed E-state index contributed by atoms with van der Waals surface area (Å²) in [5, 5.41) is 12.4. The highest BCUT2D eigenvalue weighted by Gasteiger charge is 2.22. The lowest BCUT2D eigenvalue weighted by molar-refractivity contribution is -0.147. The number of carbonyl (C=O) groups excluding carboxylic acids is 1. The fourth-order valence-corrected chi connectivity index (χ4v) is 2.98. The zero-order chi connectivity index (χ0) is 14.9. The highest BCUT2D eigenvalue weighted by molar-refractivity contribution is 7.17. The Balaban J connectivity index is 2.22. The van der Waals surface area contributed by atoms with Crippen LogP contribution in [0.2, 0.25) is 5.02 Å². The molecule has 0 aliphatic heterocycles. The van der Waals surface area contributed by atoms with Gasteiger partial charge in [0.25, 0.3) is 0 Å². The van der Waals surface area contributed by atoms with Gasteiger partial charge in [0.1, 0.15) is 6.04 Å². The predicted molar refractivity (Wildman–Crippen MR) is 80.4 cm³/mol. The standard InChI is InChI=1S/C14H14ClNO3S/c1-8(14(18)19)16(2)13(17)5-9-7-20-12-4-3-10(15)6-11(9)12/h3-4,6-8H,5H2,1-2H3,(H,18,19). The molecule has 0 spiro atoms. The number of carboxylic acids is 1. The second-order valence-corrected chi connectivity index (χ2v) is 5.94. The van der Waals surface area contributed by atoms with Gasteiger partial charge in [0.05, 0.1) is 6.42 Å². The Morgan fingerprint density at radius 3 is 2.80 bits per heavy atom. The Labute approximate surface area is 125 Å². The van der Waals surface area contributed by atoms with Crippen LogP contribution in [0.1, 0.15) is 12.5 Å². The van der Waals surface area contributed by atoms with Crippen LogP contribution in [-0.4, -0.2) is 35.0 Å². The van der Waals surface area contributed by atoms with Crippen molar-refractivity contribution >= 4 is 44.9 Å². The maximum absolute atomic E-state index is 12.1. The van der Waals surface area contributed by atoms with Gasteiger partial charge in [-0.1, -0.05) is 11.6 Å². The van der Waals surface area contributed by atoms with Gasteiger partial charge in [0.15, 0.2) is 0 Å². The van der Waals surface area contributed by atoms with Gasteiger partial charge in [0.2, 0.25) is 5.91 Å². The van der Waals surface area contributed by atoms with E-state index in [1.165, 1.54) is 18.9 Å². The summed E-state index contributed by atoms with van der Waals surface area (Å²) in [5.41, 5.74) is 0.877. The van der Waals surface area contributed by atoms with Gasteiger partial charge in [0, 0.05) is 16.8 Å². The van der Waals surface area contributed by atoms with E-state index in [0.717, 1.165) is 15.6 Å². The number of thiophene rings is 1. The first-order valence-corrected chi connectivity index (χ1v) is 7.30. The quantitative estimate of drug-likeness (QED) is 0.944. The number of benzene rings is 1. The summed E-state index contributed by atoms with van der Waals surface area (Å²) in [6, 6.07) is 4.72. The number of rotatable bonds is 4. The van der Waals surface area contributed by atoms with Crippen molar-refractivity contribution < 1.29 is 14.7 Å². The normalized spacial score (nSPS) is 12.3. The van der Waals surface area contributed by atoms with Crippen molar-refractivity contribution in [2.45, 2.75) is 19.4 Å². The highest BCUT2D eigenvalue weighted by Crippen LogP contribution is 2.29. The molecule has 20 heavy (non-hydrogen) atoms. The third-order valence-corrected chi connectivity index (χ3v) is 4.54. The smallest absolute Gasteiger partial charge is 0.326 e. The van der Waals surface area contributed by atoms with Crippen LogP contribution in [0, 0.1) is 0 Å². The van der Waals surface area contributed by atoms with Gasteiger partial charge in [-0.25, -0.2) is 4.79 Å². The van der Waals surface area contributed by atoms with Crippen LogP contribution >= 0.6 is 22.9 Å². The molecule has 0 saturated carbocycles. The van der Waals surface area contributed by atoms with E-state index in [9.17, 15) is 9.59 Å². The molecule has 2 rings (SSSR count). The summed E-state index contributed by atoms with van der Waals surface area (Å²) in [7, 11) is 1.50. The minimum absolute atomic E-state index is 0.175. The van der Waals surface area contributed by atoms with Crippen LogP contribution in [0.3, 0.4) is 0 Å². The molecule has 0 bridgehead atoms. The van der Waals surface area contributed by atoms with Crippen molar-refractivity contribution in [2.75, 3.05) is 7.05 Å². The second kappa shape index (κ2) is 5.81. The zero-order valence-electron chi connectivity index (χ0n) is 11.1. The van der Waals surface area contributed by atoms with Gasteiger partial charge in [-0.15, -0.1) is 11.3 Å². The Hall–Kier alpha value is -1.59. The number of halogens is 1. The number of carbonyl (C=O) groups is 2. The van der Waals surface area contributed by atoms with E-state index in [0.29, 0.717) is 5.02 Å². The third-order valence-electron chi connectivity index (χ3n) is 3.29. The molecule has 1 atom stereocenters. The van der Waals surface area contributed by atoms with Crippen LogP contribution < -0.4 is 0 Å². The van der Waals surface area contributed by atoms with Crippen molar-refractivity contribution in [2.24, 2.45) is 0 Å². The highest BCUT2D eigenvalue weighted by atomic mass is 35.5. The van der Waals surface area contributed by atoms with Gasteiger partial charge in [-0.05, 0) is 41.5 Å². The predicted octanol–water partition coefficient (Wildman–Crippen LogP) is 3.03. The Bertz CT molecular complexity index is 667. The Morgan fingerprint density at radius 1 is 1.45 bits per heavy atom. The maximum atomic E-state index is 12.1. The number of fused-ring (bicyclic) bond motifs is 1. The second-order valence-electron chi connectivity index (χ2n) is 4.60. The molecule has 1 aromatic carbocycles. The molecule has 1 heterocycles. The molecular formula is C14H14ClNO3S. The van der Waals surface area contributed by atoms with Crippen LogP contribution in [0.4, 0.5) is 0 Å². The average Bonchev–Trinajstić information content (AvgIpc) is 2.79. The number of aliphatic carboxylic acids is 1. The molecule has 1 amide bonds. The minimum atomic E-state index is -1.01. The minimum Gasteiger partial charge on any atom is -0.480 e. The molecule has 6 heteroatoms. The fraction of sp³-hybridized carbons (Fsp3) is 0.286. The Kier molecular flexibility index (Phi) is 4.30. The number of hydrogen-bond donors (Lipinski definition) is 1. The van der Waals surface area contributed by atoms with Crippen LogP contribution in [0.5, 0.6) is 0 Å². The van der Waals surface area contributed by atoms with Crippen molar-refractivity contribution in [1.82, 2.24) is 4.90 Å². The number of hydrogen-bond acceptors (Lipinski definition) is 3. The number of likely N-dealkylation sites (N-methyl/N-ethyl adjacent to an activating group) is 1. The lowest BCUT2D eigenvalue weighted by atomic mass is 10.1. The van der Waals surface area contributed by atoms with Gasteiger partial charge >= 0.3 is 5.97 Å². The van der Waals surface area contributed by atoms with E-state index >= 15 is 0 Å². The summed E-state index contributed by atoms with van der Waals surface area (Å²) < 4.78 is 1.06. The molecule has 0 saturated heterocycles. The molecule has 2 aromatic rings. The summed E-state index contributed by atoms with van der Waals surface area (Å²) in [6.07, 6.45) is 0.175. The van der Waals surface area contributed by atoms with Gasteiger partial charge in [-0.3, -0.25) is 4.79 Å². The van der Waals surface area contributed by atoms with Crippen molar-refractivity contribution in [3.63, 3.8) is 0 Å². The van der Waals surface area contributed by atoms with E-state index < -0.39 is 12.0 Å². The monoisotopic (exact) mass is 311 g/mol. The maximum Gasteiger partial charge on any atom is 0.326 e. The van der Waals surface area contributed by atoms with Gasteiger partial charge in [-0.2, -0.15) is 0 Å². The van der Waals surface area contributed by atoms with Crippen molar-refractivity contribution in [1.29, 1.82) is 0 Å². The van der Waals surface area contributed by atoms with E-state index in [1.807, 2.05) is 23.6 Å². The molecule has 0 aliphatic carbocycles. The Morgan fingerprint density at radius 2 is 2.15 bits per heavy atom. The molecule has 1 aromatic heterocycles. The molecule has 1 unspecified atom stereocenters. The largest absolute Gasteiger partial charge is 0.480 e. The van der Waals surface area contributed by atoms with E-state index in [2.05, 4.69) is 0 Å². The summed E-state index contributed by atoms with van der Waals surface area (Å²) in [4.78, 5) is 24.3. The lowest BCUT2D eigenvalue weighted by Gasteiger charge is -2.21. The first-order chi connectivity index (χ1) is 9.40. The molecule has 1 N–H and O–H groups in total. The number of carboxylic acid groups (broad SMARTS) is 1. The van der Waals surface area contributed by atoms with E-state index in [-0.39, 0.29) is 12.3 Å². The van der Waals surface area contributed by atoms with Gasteiger partial charge < -0.3 is 10.0 Å². The molecule has 4 nitrogen and oxygen atoms in total. The van der Waals surface area contributed by atoms with E-state index in [4.69, 9.17) is 16.7 Å². The molecule has 0 aliphatic rings. The summed E-state index contributed by atoms with van der Waals surface area (Å²) in [5.74, 6) is -1.24. The third kappa shape index (κ3) is 2.94. The molecular weight excluding hydrogens is 298 g/mol. The fourth-order valence-electron chi connectivity index (χ4n) is 1.86. The SMILES string of the molecule is CC(C(=O)O)N(C)C(=O)Cc1csc2ccc(Cl)cc12. The van der Waals surface area contributed by atoms with Crippen LogP contribution in [0.25, 0.3) is 10.1 Å². The summed E-state index contributed by atoms with van der Waals surface area (Å²) >= 11 is 7.52. The molecule has 0 radical (unpaired) electrons. The molecule has 106 valence electrons. The first kappa shape index (κ1) is 14.8. The first-order valence-electron chi connectivity index (χ1n) is 6.04. The van der Waals surface area contributed by atoms with E-state index in [1.54, 1.807) is 11.3 Å². The van der Waals surface area contributed by atoms with Crippen molar-refractivity contribution in [3.05, 3.63) is 34.2 Å². The number of amides is 1. The molecule has 0 fully saturated rings.